The Morgan fingerprint density at radius 3 is 1.14 bits per heavy atom. The van der Waals surface area contributed by atoms with Crippen molar-refractivity contribution in [1.82, 2.24) is 0 Å². The van der Waals surface area contributed by atoms with Crippen LogP contribution >= 0.6 is 0 Å². The molecule has 5 nitrogen and oxygen atoms in total. The first kappa shape index (κ1) is 60.6. The van der Waals surface area contributed by atoms with Gasteiger partial charge in [-0.1, -0.05) is 207 Å². The summed E-state index contributed by atoms with van der Waals surface area (Å²) >= 11 is 0. The van der Waals surface area contributed by atoms with E-state index in [4.69, 9.17) is 14.2 Å². The van der Waals surface area contributed by atoms with Gasteiger partial charge in [0.2, 0.25) is 0 Å². The fourth-order valence-electron chi connectivity index (χ4n) is 6.91. The second-order valence-electron chi connectivity index (χ2n) is 17.0. The molecule has 0 fully saturated rings. The third-order valence-corrected chi connectivity index (χ3v) is 10.8. The van der Waals surface area contributed by atoms with Gasteiger partial charge in [-0.3, -0.25) is 9.59 Å². The molecule has 0 aliphatic rings. The van der Waals surface area contributed by atoms with Crippen LogP contribution in [0.1, 0.15) is 226 Å². The predicted octanol–water partition coefficient (Wildman–Crippen LogP) is 18.0. The van der Waals surface area contributed by atoms with E-state index in [0.717, 1.165) is 116 Å². The Morgan fingerprint density at radius 2 is 0.703 bits per heavy atom. The molecule has 0 aromatic heterocycles. The van der Waals surface area contributed by atoms with Gasteiger partial charge in [0, 0.05) is 19.4 Å². The molecule has 0 saturated heterocycles. The Morgan fingerprint density at radius 1 is 0.359 bits per heavy atom. The smallest absolute Gasteiger partial charge is 0.306 e. The van der Waals surface area contributed by atoms with Crippen molar-refractivity contribution in [3.8, 4) is 0 Å². The first-order chi connectivity index (χ1) is 31.6. The quantitative estimate of drug-likeness (QED) is 0.0346. The van der Waals surface area contributed by atoms with Gasteiger partial charge in [0.15, 0.2) is 6.10 Å². The van der Waals surface area contributed by atoms with Crippen molar-refractivity contribution in [2.75, 3.05) is 19.8 Å². The number of ether oxygens (including phenoxy) is 3. The third-order valence-electron chi connectivity index (χ3n) is 10.8. The van der Waals surface area contributed by atoms with Crippen LogP contribution in [0.25, 0.3) is 0 Å². The molecule has 0 saturated carbocycles. The first-order valence-corrected chi connectivity index (χ1v) is 26.4. The summed E-state index contributed by atoms with van der Waals surface area (Å²) in [6, 6.07) is 0. The van der Waals surface area contributed by atoms with Crippen LogP contribution in [0.15, 0.2) is 109 Å². The van der Waals surface area contributed by atoms with Crippen LogP contribution in [-0.2, 0) is 23.8 Å². The molecular formula is C59H98O5. The number of rotatable bonds is 47. The van der Waals surface area contributed by atoms with Gasteiger partial charge in [-0.25, -0.2) is 0 Å². The standard InChI is InChI=1S/C59H98O5/c1-4-7-10-13-16-19-22-25-28-30-32-34-37-40-43-46-49-52-58(60)63-56-57(55-62-54-51-48-45-42-39-36-27-24-21-18-15-12-9-6-3)64-59(61)53-50-47-44-41-38-35-33-31-29-26-23-20-17-14-11-8-5-2/h7,9-10,12,16,18-19,21,25-29,32,34,36,42,45,57H,4-6,8,11,13-15,17,20,22-24,30-31,33,35,37-41,43-44,46-56H2,1-3H3/b10-7-,12-9-,19-16-,21-18-,28-25-,29-26-,34-32-,36-27-,45-42-. The van der Waals surface area contributed by atoms with Crippen LogP contribution in [0.4, 0.5) is 0 Å². The Bertz CT molecular complexity index is 1280. The fourth-order valence-corrected chi connectivity index (χ4v) is 6.91. The van der Waals surface area contributed by atoms with Crippen molar-refractivity contribution in [3.63, 3.8) is 0 Å². The summed E-state index contributed by atoms with van der Waals surface area (Å²) in [6.07, 6.45) is 73.9. The predicted molar refractivity (Wildman–Crippen MR) is 279 cm³/mol. The summed E-state index contributed by atoms with van der Waals surface area (Å²) in [4.78, 5) is 25.4. The van der Waals surface area contributed by atoms with Crippen LogP contribution in [0.3, 0.4) is 0 Å². The van der Waals surface area contributed by atoms with Crippen LogP contribution in [0, 0.1) is 0 Å². The molecule has 0 N–H and O–H groups in total. The normalized spacial score (nSPS) is 13.1. The Balaban J connectivity index is 4.40. The number of hydrogen-bond donors (Lipinski definition) is 0. The molecule has 5 heteroatoms. The molecule has 0 spiro atoms. The van der Waals surface area contributed by atoms with Gasteiger partial charge in [0.25, 0.3) is 0 Å². The van der Waals surface area contributed by atoms with E-state index in [2.05, 4.69) is 130 Å². The van der Waals surface area contributed by atoms with E-state index in [1.54, 1.807) is 0 Å². The van der Waals surface area contributed by atoms with Crippen molar-refractivity contribution in [2.24, 2.45) is 0 Å². The van der Waals surface area contributed by atoms with E-state index >= 15 is 0 Å². The molecule has 0 aromatic rings. The molecular weight excluding hydrogens is 789 g/mol. The fraction of sp³-hybridized carbons (Fsp3) is 0.661. The van der Waals surface area contributed by atoms with Gasteiger partial charge < -0.3 is 14.2 Å². The van der Waals surface area contributed by atoms with Crippen LogP contribution in [0.5, 0.6) is 0 Å². The second-order valence-corrected chi connectivity index (χ2v) is 17.0. The monoisotopic (exact) mass is 887 g/mol. The van der Waals surface area contributed by atoms with E-state index in [-0.39, 0.29) is 25.2 Å². The average Bonchev–Trinajstić information content (AvgIpc) is 3.30. The molecule has 0 aliphatic heterocycles. The van der Waals surface area contributed by atoms with Gasteiger partial charge >= 0.3 is 11.9 Å². The zero-order chi connectivity index (χ0) is 46.3. The van der Waals surface area contributed by atoms with E-state index in [1.807, 2.05) is 0 Å². The lowest BCUT2D eigenvalue weighted by molar-refractivity contribution is -0.163. The SMILES string of the molecule is CC/C=C\C/C=C\C/C=C\C/C=C\CCCCCCC(=O)OCC(COCCC/C=C\C/C=C\C/C=C\C/C=C\CC)OC(=O)CCCCCCCCC/C=C\CCCCCCCC. The lowest BCUT2D eigenvalue weighted by atomic mass is 10.1. The molecule has 0 heterocycles. The van der Waals surface area contributed by atoms with Gasteiger partial charge in [0.1, 0.15) is 6.61 Å². The average molecular weight is 887 g/mol. The summed E-state index contributed by atoms with van der Waals surface area (Å²) in [6.45, 7) is 7.43. The third kappa shape index (κ3) is 51.2. The highest BCUT2D eigenvalue weighted by Gasteiger charge is 2.17. The molecule has 64 heavy (non-hydrogen) atoms. The van der Waals surface area contributed by atoms with Crippen LogP contribution < -0.4 is 0 Å². The largest absolute Gasteiger partial charge is 0.462 e. The molecule has 1 unspecified atom stereocenters. The van der Waals surface area contributed by atoms with Crippen molar-refractivity contribution in [3.05, 3.63) is 109 Å². The molecule has 0 aromatic carbocycles. The highest BCUT2D eigenvalue weighted by atomic mass is 16.6. The molecule has 0 bridgehead atoms. The molecule has 0 rings (SSSR count). The molecule has 0 amide bonds. The minimum absolute atomic E-state index is 0.0432. The number of esters is 2. The van der Waals surface area contributed by atoms with Crippen molar-refractivity contribution < 1.29 is 23.8 Å². The Hall–Kier alpha value is -3.44. The maximum Gasteiger partial charge on any atom is 0.306 e. The van der Waals surface area contributed by atoms with Gasteiger partial charge in [-0.05, 0) is 116 Å². The summed E-state index contributed by atoms with van der Waals surface area (Å²) in [5.74, 6) is -0.464. The Labute approximate surface area is 395 Å². The van der Waals surface area contributed by atoms with E-state index in [0.29, 0.717) is 19.4 Å². The number of hydrogen-bond acceptors (Lipinski definition) is 5. The number of carbonyl (C=O) groups excluding carboxylic acids is 2. The van der Waals surface area contributed by atoms with Crippen LogP contribution in [-0.4, -0.2) is 37.9 Å². The van der Waals surface area contributed by atoms with Gasteiger partial charge in [-0.2, -0.15) is 0 Å². The minimum atomic E-state index is -0.584. The lowest BCUT2D eigenvalue weighted by Crippen LogP contribution is -2.30. The number of unbranched alkanes of at least 4 members (excludes halogenated alkanes) is 18. The Kier molecular flexibility index (Phi) is 51.0. The second kappa shape index (κ2) is 53.9. The number of carbonyl (C=O) groups is 2. The molecule has 1 atom stereocenters. The lowest BCUT2D eigenvalue weighted by Gasteiger charge is -2.18. The van der Waals surface area contributed by atoms with Crippen molar-refractivity contribution in [1.29, 1.82) is 0 Å². The van der Waals surface area contributed by atoms with Gasteiger partial charge in [-0.15, -0.1) is 0 Å². The summed E-state index contributed by atoms with van der Waals surface area (Å²) in [7, 11) is 0. The molecule has 364 valence electrons. The summed E-state index contributed by atoms with van der Waals surface area (Å²) < 4.78 is 17.3. The topological polar surface area (TPSA) is 61.8 Å². The molecule has 0 aliphatic carbocycles. The van der Waals surface area contributed by atoms with E-state index in [9.17, 15) is 9.59 Å². The zero-order valence-corrected chi connectivity index (χ0v) is 41.8. The van der Waals surface area contributed by atoms with Gasteiger partial charge in [0.05, 0.1) is 6.61 Å². The summed E-state index contributed by atoms with van der Waals surface area (Å²) in [5.41, 5.74) is 0. The molecule has 0 radical (unpaired) electrons. The van der Waals surface area contributed by atoms with E-state index < -0.39 is 6.10 Å². The van der Waals surface area contributed by atoms with Crippen LogP contribution in [0.2, 0.25) is 0 Å². The maximum absolute atomic E-state index is 12.8. The van der Waals surface area contributed by atoms with Crippen molar-refractivity contribution >= 4 is 11.9 Å². The van der Waals surface area contributed by atoms with E-state index in [1.165, 1.54) is 77.0 Å². The highest BCUT2D eigenvalue weighted by molar-refractivity contribution is 5.70. The first-order valence-electron chi connectivity index (χ1n) is 26.4. The zero-order valence-electron chi connectivity index (χ0n) is 41.8. The summed E-state index contributed by atoms with van der Waals surface area (Å²) in [5, 5.41) is 0. The van der Waals surface area contributed by atoms with Crippen molar-refractivity contribution in [2.45, 2.75) is 232 Å². The minimum Gasteiger partial charge on any atom is -0.462 e. The maximum atomic E-state index is 12.8. The highest BCUT2D eigenvalue weighted by Crippen LogP contribution is 2.13. The number of allylic oxidation sites excluding steroid dienone is 18.